The van der Waals surface area contributed by atoms with Gasteiger partial charge in [0.1, 0.15) is 5.92 Å². The van der Waals surface area contributed by atoms with Crippen molar-refractivity contribution >= 4 is 28.6 Å². The monoisotopic (exact) mass is 314 g/mol. The third kappa shape index (κ3) is 3.03. The molecule has 7 nitrogen and oxygen atoms in total. The van der Waals surface area contributed by atoms with Crippen LogP contribution in [0, 0.1) is 5.92 Å². The fraction of sp³-hybridized carbons (Fsp3) is 0.312. The average molecular weight is 314 g/mol. The number of aromatic nitrogens is 1. The summed E-state index contributed by atoms with van der Waals surface area (Å²) in [6.45, 7) is 0.457. The largest absolute Gasteiger partial charge is 0.361 e. The maximum absolute atomic E-state index is 11.9. The Bertz CT molecular complexity index is 768. The number of hydrogen-bond donors (Lipinski definition) is 3. The molecular weight excluding hydrogens is 296 g/mol. The summed E-state index contributed by atoms with van der Waals surface area (Å²) < 4.78 is 0. The van der Waals surface area contributed by atoms with E-state index in [1.807, 2.05) is 30.5 Å². The van der Waals surface area contributed by atoms with Crippen molar-refractivity contribution < 1.29 is 14.4 Å². The zero-order valence-electron chi connectivity index (χ0n) is 12.8. The number of nitrogens with zero attached hydrogens (tertiary/aromatic N) is 1. The SMILES string of the molecule is CN1NC(=O)C(CC(=O)NCCc2c[nH]c3ccccc23)C1=O. The zero-order valence-corrected chi connectivity index (χ0v) is 12.8. The quantitative estimate of drug-likeness (QED) is 0.695. The molecule has 1 aromatic carbocycles. The molecule has 3 amide bonds. The van der Waals surface area contributed by atoms with E-state index < -0.39 is 11.8 Å². The molecular formula is C16H18N4O3. The number of rotatable bonds is 5. The van der Waals surface area contributed by atoms with Crippen LogP contribution in [0.25, 0.3) is 10.9 Å². The summed E-state index contributed by atoms with van der Waals surface area (Å²) in [4.78, 5) is 38.4. The highest BCUT2D eigenvalue weighted by molar-refractivity contribution is 6.07. The Morgan fingerprint density at radius 2 is 2.09 bits per heavy atom. The number of benzene rings is 1. The molecule has 7 heteroatoms. The molecule has 0 bridgehead atoms. The van der Waals surface area contributed by atoms with Crippen molar-refractivity contribution in [3.63, 3.8) is 0 Å². The second-order valence-electron chi connectivity index (χ2n) is 5.59. The fourth-order valence-corrected chi connectivity index (χ4v) is 2.76. The molecule has 1 aromatic heterocycles. The Balaban J connectivity index is 1.52. The van der Waals surface area contributed by atoms with E-state index in [-0.39, 0.29) is 18.2 Å². The Hall–Kier alpha value is -2.83. The van der Waals surface area contributed by atoms with Crippen molar-refractivity contribution in [2.24, 2.45) is 5.92 Å². The van der Waals surface area contributed by atoms with Gasteiger partial charge < -0.3 is 10.3 Å². The third-order valence-electron chi connectivity index (χ3n) is 4.00. The lowest BCUT2D eigenvalue weighted by Gasteiger charge is -2.08. The Kier molecular flexibility index (Phi) is 4.01. The highest BCUT2D eigenvalue weighted by Crippen LogP contribution is 2.18. The number of H-pyrrole nitrogens is 1. The van der Waals surface area contributed by atoms with Gasteiger partial charge in [0.15, 0.2) is 0 Å². The van der Waals surface area contributed by atoms with Gasteiger partial charge in [-0.1, -0.05) is 18.2 Å². The van der Waals surface area contributed by atoms with E-state index in [9.17, 15) is 14.4 Å². The summed E-state index contributed by atoms with van der Waals surface area (Å²) in [7, 11) is 1.47. The minimum absolute atomic E-state index is 0.122. The van der Waals surface area contributed by atoms with Gasteiger partial charge in [-0.2, -0.15) is 0 Å². The van der Waals surface area contributed by atoms with Crippen LogP contribution in [-0.4, -0.2) is 41.3 Å². The number of hydrazine groups is 1. The summed E-state index contributed by atoms with van der Waals surface area (Å²) in [5, 5.41) is 5.02. The predicted molar refractivity (Wildman–Crippen MR) is 84.0 cm³/mol. The van der Waals surface area contributed by atoms with Crippen LogP contribution in [0.2, 0.25) is 0 Å². The maximum atomic E-state index is 11.9. The van der Waals surface area contributed by atoms with E-state index >= 15 is 0 Å². The average Bonchev–Trinajstić information content (AvgIpc) is 3.04. The van der Waals surface area contributed by atoms with Crippen LogP contribution in [0.1, 0.15) is 12.0 Å². The van der Waals surface area contributed by atoms with Crippen molar-refractivity contribution in [3.05, 3.63) is 36.0 Å². The highest BCUT2D eigenvalue weighted by atomic mass is 16.2. The molecule has 0 radical (unpaired) electrons. The Morgan fingerprint density at radius 1 is 1.30 bits per heavy atom. The first kappa shape index (κ1) is 15.1. The normalized spacial score (nSPS) is 17.6. The van der Waals surface area contributed by atoms with Gasteiger partial charge in [0.2, 0.25) is 5.91 Å². The molecule has 0 aliphatic carbocycles. The number of carbonyl (C=O) groups excluding carboxylic acids is 3. The minimum Gasteiger partial charge on any atom is -0.361 e. The van der Waals surface area contributed by atoms with Gasteiger partial charge in [-0.15, -0.1) is 0 Å². The summed E-state index contributed by atoms with van der Waals surface area (Å²) in [6, 6.07) is 7.96. The second kappa shape index (κ2) is 6.12. The van der Waals surface area contributed by atoms with Crippen LogP contribution in [0.15, 0.2) is 30.5 Å². The van der Waals surface area contributed by atoms with E-state index in [4.69, 9.17) is 0 Å². The third-order valence-corrected chi connectivity index (χ3v) is 4.00. The summed E-state index contributed by atoms with van der Waals surface area (Å²) in [6.07, 6.45) is 2.49. The van der Waals surface area contributed by atoms with E-state index in [0.717, 1.165) is 21.5 Å². The molecule has 1 atom stereocenters. The zero-order chi connectivity index (χ0) is 16.4. The number of hydrogen-bond acceptors (Lipinski definition) is 3. The topological polar surface area (TPSA) is 94.3 Å². The van der Waals surface area contributed by atoms with Crippen LogP contribution in [0.5, 0.6) is 0 Å². The summed E-state index contributed by atoms with van der Waals surface area (Å²) in [5.41, 5.74) is 4.56. The van der Waals surface area contributed by atoms with Crippen molar-refractivity contribution in [3.8, 4) is 0 Å². The van der Waals surface area contributed by atoms with Crippen molar-refractivity contribution in [2.75, 3.05) is 13.6 Å². The molecule has 23 heavy (non-hydrogen) atoms. The lowest BCUT2D eigenvalue weighted by atomic mass is 10.0. The van der Waals surface area contributed by atoms with Crippen molar-refractivity contribution in [1.29, 1.82) is 0 Å². The van der Waals surface area contributed by atoms with Gasteiger partial charge in [-0.3, -0.25) is 24.8 Å². The van der Waals surface area contributed by atoms with Crippen molar-refractivity contribution in [1.82, 2.24) is 20.7 Å². The van der Waals surface area contributed by atoms with E-state index in [1.165, 1.54) is 7.05 Å². The molecule has 2 aromatic rings. The molecule has 1 unspecified atom stereocenters. The molecule has 1 aliphatic heterocycles. The van der Waals surface area contributed by atoms with Gasteiger partial charge in [0.25, 0.3) is 11.8 Å². The van der Waals surface area contributed by atoms with Crippen LogP contribution in [0.3, 0.4) is 0 Å². The molecule has 1 saturated heterocycles. The van der Waals surface area contributed by atoms with Gasteiger partial charge in [-0.25, -0.2) is 0 Å². The van der Waals surface area contributed by atoms with Crippen LogP contribution >= 0.6 is 0 Å². The molecule has 0 spiro atoms. The summed E-state index contributed by atoms with van der Waals surface area (Å²) in [5.74, 6) is -2.02. The number of para-hydroxylation sites is 1. The second-order valence-corrected chi connectivity index (χ2v) is 5.59. The van der Waals surface area contributed by atoms with E-state index in [1.54, 1.807) is 0 Å². The standard InChI is InChI=1S/C16H18N4O3/c1-20-16(23)12(15(22)19-20)8-14(21)17-7-6-10-9-18-13-5-3-2-4-11(10)13/h2-5,9,12,18H,6-8H2,1H3,(H,17,21)(H,19,22). The molecule has 0 saturated carbocycles. The van der Waals surface area contributed by atoms with Gasteiger partial charge in [0.05, 0.1) is 0 Å². The molecule has 1 fully saturated rings. The Morgan fingerprint density at radius 3 is 2.83 bits per heavy atom. The van der Waals surface area contributed by atoms with Crippen molar-refractivity contribution in [2.45, 2.75) is 12.8 Å². The first-order valence-corrected chi connectivity index (χ1v) is 7.46. The lowest BCUT2D eigenvalue weighted by Crippen LogP contribution is -2.31. The number of amides is 3. The number of carbonyl (C=O) groups is 3. The molecule has 3 N–H and O–H groups in total. The first-order chi connectivity index (χ1) is 11.1. The highest BCUT2D eigenvalue weighted by Gasteiger charge is 2.38. The van der Waals surface area contributed by atoms with E-state index in [2.05, 4.69) is 15.7 Å². The molecule has 3 rings (SSSR count). The number of aromatic amines is 1. The fourth-order valence-electron chi connectivity index (χ4n) is 2.76. The van der Waals surface area contributed by atoms with Crippen LogP contribution in [-0.2, 0) is 20.8 Å². The predicted octanol–water partition coefficient (Wildman–Crippen LogP) is 0.336. The molecule has 120 valence electrons. The number of fused-ring (bicyclic) bond motifs is 1. The molecule has 2 heterocycles. The first-order valence-electron chi connectivity index (χ1n) is 7.46. The Labute approximate surface area is 133 Å². The van der Waals surface area contributed by atoms with Gasteiger partial charge >= 0.3 is 0 Å². The summed E-state index contributed by atoms with van der Waals surface area (Å²) >= 11 is 0. The molecule has 1 aliphatic rings. The van der Waals surface area contributed by atoms with E-state index in [0.29, 0.717) is 13.0 Å². The van der Waals surface area contributed by atoms with Crippen LogP contribution < -0.4 is 10.7 Å². The maximum Gasteiger partial charge on any atom is 0.253 e. The van der Waals surface area contributed by atoms with Crippen LogP contribution in [0.4, 0.5) is 0 Å². The van der Waals surface area contributed by atoms with Gasteiger partial charge in [0, 0.05) is 37.1 Å². The lowest BCUT2D eigenvalue weighted by molar-refractivity contribution is -0.135. The number of nitrogens with one attached hydrogen (secondary N) is 3. The van der Waals surface area contributed by atoms with Gasteiger partial charge in [-0.05, 0) is 18.1 Å². The smallest absolute Gasteiger partial charge is 0.253 e. The minimum atomic E-state index is -0.923.